The van der Waals surface area contributed by atoms with Crippen LogP contribution in [0.5, 0.6) is 0 Å². The van der Waals surface area contributed by atoms with Gasteiger partial charge in [0.2, 0.25) is 17.4 Å². The van der Waals surface area contributed by atoms with Crippen LogP contribution in [0.25, 0.3) is 0 Å². The number of ether oxygens (including phenoxy) is 6. The summed E-state index contributed by atoms with van der Waals surface area (Å²) in [6.07, 6.45) is 1.19. The summed E-state index contributed by atoms with van der Waals surface area (Å²) in [5.74, 6) is -0.943. The largest absolute Gasteiger partial charge is 0.416 e. The van der Waals surface area contributed by atoms with Crippen LogP contribution in [-0.4, -0.2) is 79.7 Å². The van der Waals surface area contributed by atoms with Crippen molar-refractivity contribution in [1.82, 2.24) is 5.32 Å². The van der Waals surface area contributed by atoms with E-state index in [0.717, 1.165) is 57.1 Å². The average molecular weight is 838 g/mol. The molecule has 0 aromatic heterocycles. The smallest absolute Gasteiger partial charge is 0.354 e. The number of hydrogen-bond acceptors (Lipinski definition) is 11. The molecule has 59 heavy (non-hydrogen) atoms. The summed E-state index contributed by atoms with van der Waals surface area (Å²) in [5.41, 5.74) is -1.72. The lowest BCUT2D eigenvalue weighted by molar-refractivity contribution is -0.605. The molecule has 11 rings (SSSR count). The predicted molar refractivity (Wildman–Crippen MR) is 206 cm³/mol. The first-order valence-corrected chi connectivity index (χ1v) is 21.9. The molecule has 2 saturated carbocycles. The Hall–Kier alpha value is -2.12. The minimum atomic E-state index is -4.45. The molecule has 2 spiro atoms. The third-order valence-electron chi connectivity index (χ3n) is 15.4. The highest BCUT2D eigenvalue weighted by atomic mass is 19.4. The van der Waals surface area contributed by atoms with Crippen molar-refractivity contribution in [3.05, 3.63) is 29.8 Å². The van der Waals surface area contributed by atoms with Crippen molar-refractivity contribution in [1.29, 1.82) is 0 Å². The van der Waals surface area contributed by atoms with Gasteiger partial charge in [-0.15, -0.1) is 0 Å². The summed E-state index contributed by atoms with van der Waals surface area (Å²) in [7, 11) is 0. The maximum Gasteiger partial charge on any atom is 0.416 e. The molecule has 2 aliphatic carbocycles. The lowest BCUT2D eigenvalue weighted by Gasteiger charge is -2.64. The number of benzene rings is 1. The van der Waals surface area contributed by atoms with Gasteiger partial charge in [-0.3, -0.25) is 4.99 Å². The van der Waals surface area contributed by atoms with Crippen molar-refractivity contribution < 1.29 is 61.1 Å². The van der Waals surface area contributed by atoms with Crippen LogP contribution < -0.4 is 10.6 Å². The summed E-state index contributed by atoms with van der Waals surface area (Å²) in [6, 6.07) is 4.84. The molecule has 16 atom stereocenters. The fourth-order valence-corrected chi connectivity index (χ4v) is 12.3. The number of aliphatic imine (C=N–C) groups is 1. The van der Waals surface area contributed by atoms with Gasteiger partial charge in [-0.2, -0.15) is 13.2 Å². The number of guanidine groups is 1. The molecule has 2 N–H and O–H groups in total. The van der Waals surface area contributed by atoms with Gasteiger partial charge in [-0.05, 0) is 107 Å². The topological polar surface area (TPSA) is 129 Å². The number of rotatable bonds is 9. The van der Waals surface area contributed by atoms with Crippen LogP contribution in [-0.2, 0) is 54.1 Å². The van der Waals surface area contributed by atoms with Gasteiger partial charge in [0.05, 0.1) is 25.3 Å². The third-order valence-corrected chi connectivity index (χ3v) is 15.4. The number of fused-ring (bicyclic) bond motifs is 4. The molecule has 1 aromatic rings. The van der Waals surface area contributed by atoms with E-state index in [1.165, 1.54) is 12.1 Å². The zero-order valence-corrected chi connectivity index (χ0v) is 35.3. The van der Waals surface area contributed by atoms with Crippen LogP contribution in [0.4, 0.5) is 18.9 Å². The van der Waals surface area contributed by atoms with Crippen LogP contribution in [0.3, 0.4) is 0 Å². The Morgan fingerprint density at radius 2 is 1.41 bits per heavy atom. The molecule has 10 aliphatic rings. The van der Waals surface area contributed by atoms with E-state index in [9.17, 15) is 13.2 Å². The first kappa shape index (κ1) is 42.2. The summed E-state index contributed by atoms with van der Waals surface area (Å²) >= 11 is 0. The predicted octanol–water partition coefficient (Wildman–Crippen LogP) is 7.90. The van der Waals surface area contributed by atoms with E-state index < -0.39 is 59.2 Å². The maximum absolute atomic E-state index is 13.4. The second-order valence-electron chi connectivity index (χ2n) is 19.2. The van der Waals surface area contributed by atoms with Gasteiger partial charge < -0.3 is 39.1 Å². The normalized spacial score (nSPS) is 47.8. The minimum Gasteiger partial charge on any atom is -0.354 e. The lowest BCUT2D eigenvalue weighted by Crippen LogP contribution is -2.76. The first-order valence-electron chi connectivity index (χ1n) is 21.9. The van der Waals surface area contributed by atoms with E-state index in [4.69, 9.17) is 53.0 Å². The SMILES string of the molecule is C[C@H]1[C@@H](OCCNC(=NCCO[C@@H]2O[C@]3(C)O[C@]4(C)CC[C@H]5[C@H](C)CC[C@@H]([C@H]2C)C53OO4)Nc2ccc(C(F)(F)F)cc2)O[C@@H]2O[C@]3(C)CC[C@H]4[C@H](C)CC[C@@H]1C24OO3. The van der Waals surface area contributed by atoms with Gasteiger partial charge in [-0.1, -0.05) is 27.7 Å². The van der Waals surface area contributed by atoms with E-state index >= 15 is 0 Å². The van der Waals surface area contributed by atoms with Crippen molar-refractivity contribution in [2.75, 3.05) is 31.6 Å². The minimum absolute atomic E-state index is 0.0106. The summed E-state index contributed by atoms with van der Waals surface area (Å²) in [4.78, 5) is 29.3. The number of alkyl halides is 3. The Kier molecular flexibility index (Phi) is 10.9. The van der Waals surface area contributed by atoms with Crippen molar-refractivity contribution in [3.63, 3.8) is 0 Å². The molecule has 1 aromatic carbocycles. The molecular weight excluding hydrogens is 775 g/mol. The van der Waals surface area contributed by atoms with Crippen LogP contribution in [0.15, 0.2) is 29.3 Å². The molecule has 8 aliphatic heterocycles. The quantitative estimate of drug-likeness (QED) is 0.109. The van der Waals surface area contributed by atoms with Crippen molar-refractivity contribution >= 4 is 11.6 Å². The van der Waals surface area contributed by atoms with Gasteiger partial charge in [0.25, 0.3) is 0 Å². The molecule has 10 fully saturated rings. The highest BCUT2D eigenvalue weighted by Gasteiger charge is 2.75. The molecule has 16 heteroatoms. The fourth-order valence-electron chi connectivity index (χ4n) is 12.3. The van der Waals surface area contributed by atoms with Crippen LogP contribution in [0.2, 0.25) is 0 Å². The number of nitrogens with one attached hydrogen (secondary N) is 2. The van der Waals surface area contributed by atoms with E-state index in [1.54, 1.807) is 0 Å². The van der Waals surface area contributed by atoms with Crippen molar-refractivity contribution in [2.45, 2.75) is 153 Å². The van der Waals surface area contributed by atoms with E-state index in [-0.39, 0.29) is 55.3 Å². The van der Waals surface area contributed by atoms with E-state index in [2.05, 4.69) is 38.3 Å². The fraction of sp³-hybridized carbons (Fsp3) is 0.837. The second-order valence-corrected chi connectivity index (χ2v) is 19.2. The highest BCUT2D eigenvalue weighted by Crippen LogP contribution is 2.65. The number of halogens is 3. The van der Waals surface area contributed by atoms with Gasteiger partial charge in [0, 0.05) is 48.7 Å². The third kappa shape index (κ3) is 7.13. The molecule has 4 bridgehead atoms. The summed E-state index contributed by atoms with van der Waals surface area (Å²) < 4.78 is 79.4. The van der Waals surface area contributed by atoms with Crippen LogP contribution >= 0.6 is 0 Å². The van der Waals surface area contributed by atoms with E-state index in [1.807, 2.05) is 20.8 Å². The number of hydrogen-bond donors (Lipinski definition) is 2. The van der Waals surface area contributed by atoms with Gasteiger partial charge in [0.15, 0.2) is 36.0 Å². The Morgan fingerprint density at radius 1 is 0.746 bits per heavy atom. The summed E-state index contributed by atoms with van der Waals surface area (Å²) in [6.45, 7) is 15.7. The van der Waals surface area contributed by atoms with Gasteiger partial charge >= 0.3 is 6.18 Å². The standard InChI is InChI=1S/C43H62F3N3O10/c1-24-8-14-32-26(3)34(52-36-41(32)30(24)16-18-38(5,54-36)56-58-41)50-22-20-47-37(49-29-12-10-28(11-13-29)43(44,45)46)48-21-23-51-35-27(4)33-15-9-25(2)31-17-19-39(6)55-40(7,53-35)42(31,33)59-57-39/h10-13,24-27,30-36H,8-9,14-23H2,1-7H3,(H2,47,48,49)/t24-,25-,26-,27-,30+,31+,32+,33+,34+,35-,36-,38+,39+,40-,41?,42?/m1/s1. The molecule has 8 saturated heterocycles. The zero-order valence-electron chi connectivity index (χ0n) is 35.3. The molecule has 13 nitrogen and oxygen atoms in total. The first-order chi connectivity index (χ1) is 28.0. The number of nitrogens with zero attached hydrogens (tertiary/aromatic N) is 1. The molecule has 0 radical (unpaired) electrons. The lowest BCUT2D eigenvalue weighted by atomic mass is 9.55. The Bertz CT molecular complexity index is 1730. The monoisotopic (exact) mass is 837 g/mol. The van der Waals surface area contributed by atoms with Crippen molar-refractivity contribution in [2.24, 2.45) is 52.3 Å². The second kappa shape index (κ2) is 15.3. The maximum atomic E-state index is 13.4. The molecule has 0 amide bonds. The Morgan fingerprint density at radius 3 is 2.17 bits per heavy atom. The van der Waals surface area contributed by atoms with Crippen molar-refractivity contribution in [3.8, 4) is 0 Å². The van der Waals surface area contributed by atoms with E-state index in [0.29, 0.717) is 36.4 Å². The molecule has 8 heterocycles. The highest BCUT2D eigenvalue weighted by molar-refractivity contribution is 5.93. The average Bonchev–Trinajstić information content (AvgIpc) is 3.55. The molecule has 330 valence electrons. The number of anilines is 1. The van der Waals surface area contributed by atoms with Crippen LogP contribution in [0.1, 0.15) is 105 Å². The summed E-state index contributed by atoms with van der Waals surface area (Å²) in [5, 5.41) is 6.44. The van der Waals surface area contributed by atoms with Gasteiger partial charge in [-0.25, -0.2) is 19.6 Å². The Labute approximate surface area is 344 Å². The van der Waals surface area contributed by atoms with Gasteiger partial charge in [0.1, 0.15) is 0 Å². The molecule has 2 unspecified atom stereocenters. The Balaban J connectivity index is 0.856. The van der Waals surface area contributed by atoms with Crippen LogP contribution in [0, 0.1) is 47.3 Å². The molecular formula is C43H62F3N3O10. The zero-order chi connectivity index (χ0) is 41.6.